The number of amides is 1. The van der Waals surface area contributed by atoms with Crippen molar-refractivity contribution in [1.29, 1.82) is 0 Å². The molecule has 1 saturated heterocycles. The molecule has 3 aromatic rings. The molecule has 9 heteroatoms. The molecule has 0 saturated carbocycles. The van der Waals surface area contributed by atoms with Crippen molar-refractivity contribution in [1.82, 2.24) is 19.5 Å². The first-order valence-corrected chi connectivity index (χ1v) is 10.6. The van der Waals surface area contributed by atoms with Crippen molar-refractivity contribution in [3.63, 3.8) is 0 Å². The second-order valence-electron chi connectivity index (χ2n) is 7.24. The quantitative estimate of drug-likeness (QED) is 0.646. The van der Waals surface area contributed by atoms with Gasteiger partial charge in [-0.05, 0) is 12.1 Å². The minimum Gasteiger partial charge on any atom is -0.497 e. The highest BCUT2D eigenvalue weighted by Crippen LogP contribution is 2.36. The number of thiazole rings is 1. The fourth-order valence-electron chi connectivity index (χ4n) is 3.92. The Morgan fingerprint density at radius 3 is 2.76 bits per heavy atom. The largest absolute Gasteiger partial charge is 0.497 e. The maximum Gasteiger partial charge on any atom is 0.235 e. The lowest BCUT2D eigenvalue weighted by Gasteiger charge is -2.36. The summed E-state index contributed by atoms with van der Waals surface area (Å²) in [6, 6.07) is 7.87. The van der Waals surface area contributed by atoms with Crippen molar-refractivity contribution < 1.29 is 19.5 Å². The van der Waals surface area contributed by atoms with E-state index in [1.807, 2.05) is 30.0 Å². The van der Waals surface area contributed by atoms with E-state index >= 15 is 0 Å². The van der Waals surface area contributed by atoms with Gasteiger partial charge in [0.1, 0.15) is 10.6 Å². The van der Waals surface area contributed by atoms with E-state index in [0.29, 0.717) is 18.1 Å². The molecule has 8 nitrogen and oxygen atoms in total. The van der Waals surface area contributed by atoms with Crippen molar-refractivity contribution in [2.75, 3.05) is 33.3 Å². The van der Waals surface area contributed by atoms with E-state index in [4.69, 9.17) is 4.74 Å². The van der Waals surface area contributed by atoms with Crippen LogP contribution in [0.5, 0.6) is 11.6 Å². The highest BCUT2D eigenvalue weighted by molar-refractivity contribution is 7.17. The molecule has 1 fully saturated rings. The molecule has 2 aromatic heterocycles. The van der Waals surface area contributed by atoms with Crippen LogP contribution in [0.25, 0.3) is 4.96 Å². The Morgan fingerprint density at radius 2 is 2.14 bits per heavy atom. The third-order valence-corrected chi connectivity index (χ3v) is 6.59. The Morgan fingerprint density at radius 1 is 1.38 bits per heavy atom. The molecule has 29 heavy (non-hydrogen) atoms. The number of aromatic nitrogens is 3. The van der Waals surface area contributed by atoms with Crippen LogP contribution in [0.4, 0.5) is 0 Å². The Balaban J connectivity index is 1.75. The summed E-state index contributed by atoms with van der Waals surface area (Å²) in [5.41, 5.74) is 1.06. The Kier molecular flexibility index (Phi) is 5.42. The number of hydrogen-bond acceptors (Lipinski definition) is 6. The zero-order valence-corrected chi connectivity index (χ0v) is 17.7. The summed E-state index contributed by atoms with van der Waals surface area (Å²) in [6.45, 7) is 6.61. The number of carbonyl (C=O) groups is 1. The molecule has 1 aliphatic rings. The lowest BCUT2D eigenvalue weighted by atomic mass is 10.0. The molecule has 4 rings (SSSR count). The molecule has 0 bridgehead atoms. The number of fused-ring (bicyclic) bond motifs is 1. The van der Waals surface area contributed by atoms with E-state index in [1.54, 1.807) is 14.0 Å². The smallest absolute Gasteiger partial charge is 0.235 e. The molecule has 0 radical (unpaired) electrons. The van der Waals surface area contributed by atoms with Gasteiger partial charge in [-0.15, -0.1) is 5.10 Å². The zero-order valence-electron chi connectivity index (χ0n) is 16.9. The number of piperazine rings is 1. The third kappa shape index (κ3) is 3.67. The van der Waals surface area contributed by atoms with Crippen molar-refractivity contribution in [3.05, 3.63) is 40.5 Å². The van der Waals surface area contributed by atoms with Gasteiger partial charge >= 0.3 is 0 Å². The Hall–Kier alpha value is -2.65. The van der Waals surface area contributed by atoms with Crippen LogP contribution in [0.1, 0.15) is 36.2 Å². The molecule has 0 aliphatic carbocycles. The van der Waals surface area contributed by atoms with Crippen LogP contribution in [-0.4, -0.2) is 63.8 Å². The number of carbonyl (C=O) groups excluding carboxylic acids is 1. The van der Waals surface area contributed by atoms with Gasteiger partial charge in [0.05, 0.1) is 33.3 Å². The number of methoxy groups -OCH3 is 1. The monoisotopic (exact) mass is 416 g/mol. The normalized spacial score (nSPS) is 16.3. The van der Waals surface area contributed by atoms with Crippen LogP contribution in [0.15, 0.2) is 24.3 Å². The second kappa shape index (κ2) is 8.00. The topological polar surface area (TPSA) is 84.4 Å². The van der Waals surface area contributed by atoms with Crippen molar-refractivity contribution in [2.45, 2.75) is 26.3 Å². The summed E-state index contributed by atoms with van der Waals surface area (Å²) < 4.78 is 6.97. The van der Waals surface area contributed by atoms with Gasteiger partial charge in [-0.2, -0.15) is 4.52 Å². The number of nitrogens with one attached hydrogen (secondary N) is 1. The van der Waals surface area contributed by atoms with Crippen LogP contribution in [0.3, 0.4) is 0 Å². The van der Waals surface area contributed by atoms with Gasteiger partial charge in [0.2, 0.25) is 16.7 Å². The predicted octanol–water partition coefficient (Wildman–Crippen LogP) is 0.904. The van der Waals surface area contributed by atoms with Gasteiger partial charge in [0.15, 0.2) is 11.9 Å². The van der Waals surface area contributed by atoms with E-state index in [2.05, 4.69) is 16.1 Å². The summed E-state index contributed by atoms with van der Waals surface area (Å²) in [5.74, 6) is 1.75. The van der Waals surface area contributed by atoms with Gasteiger partial charge in [-0.3, -0.25) is 4.79 Å². The molecular formula is C20H26N5O3S+. The fourth-order valence-corrected chi connectivity index (χ4v) is 5.08. The minimum atomic E-state index is -0.0854. The number of aryl methyl sites for hydroxylation is 1. The first-order valence-electron chi connectivity index (χ1n) is 9.83. The minimum absolute atomic E-state index is 0.0854. The van der Waals surface area contributed by atoms with Crippen molar-refractivity contribution >= 4 is 22.2 Å². The molecule has 1 aliphatic heterocycles. The predicted molar refractivity (Wildman–Crippen MR) is 110 cm³/mol. The maximum atomic E-state index is 11.7. The number of hydrogen-bond donors (Lipinski definition) is 2. The van der Waals surface area contributed by atoms with Crippen molar-refractivity contribution in [3.8, 4) is 11.6 Å². The lowest BCUT2D eigenvalue weighted by Crippen LogP contribution is -3.15. The first-order chi connectivity index (χ1) is 14.0. The summed E-state index contributed by atoms with van der Waals surface area (Å²) in [5, 5.41) is 15.4. The van der Waals surface area contributed by atoms with E-state index in [1.165, 1.54) is 20.8 Å². The van der Waals surface area contributed by atoms with E-state index < -0.39 is 0 Å². The number of rotatable bonds is 5. The molecular weight excluding hydrogens is 390 g/mol. The highest BCUT2D eigenvalue weighted by Gasteiger charge is 2.35. The second-order valence-corrected chi connectivity index (χ2v) is 8.25. The molecule has 0 unspecified atom stereocenters. The molecule has 1 aromatic carbocycles. The van der Waals surface area contributed by atoms with E-state index in [0.717, 1.165) is 41.5 Å². The molecule has 154 valence electrons. The van der Waals surface area contributed by atoms with Gasteiger partial charge < -0.3 is 19.6 Å². The Labute approximate surface area is 173 Å². The first kappa shape index (κ1) is 19.7. The van der Waals surface area contributed by atoms with Crippen molar-refractivity contribution in [2.24, 2.45) is 0 Å². The van der Waals surface area contributed by atoms with Gasteiger partial charge in [-0.25, -0.2) is 4.98 Å². The number of ether oxygens (including phenoxy) is 1. The zero-order chi connectivity index (χ0) is 20.5. The summed E-state index contributed by atoms with van der Waals surface area (Å²) in [4.78, 5) is 21.0. The molecule has 3 heterocycles. The van der Waals surface area contributed by atoms with Crippen LogP contribution in [0.2, 0.25) is 0 Å². The van der Waals surface area contributed by atoms with Gasteiger partial charge in [-0.1, -0.05) is 30.4 Å². The number of nitrogens with zero attached hydrogens (tertiary/aromatic N) is 4. The lowest BCUT2D eigenvalue weighted by molar-refractivity contribution is -0.929. The molecule has 1 amide bonds. The van der Waals surface area contributed by atoms with E-state index in [9.17, 15) is 9.90 Å². The Bertz CT molecular complexity index is 1020. The van der Waals surface area contributed by atoms with Gasteiger partial charge in [0, 0.05) is 18.9 Å². The third-order valence-electron chi connectivity index (χ3n) is 5.51. The number of aromatic hydroxyl groups is 1. The van der Waals surface area contributed by atoms with Crippen LogP contribution < -0.4 is 9.64 Å². The van der Waals surface area contributed by atoms with Crippen LogP contribution in [0, 0.1) is 0 Å². The van der Waals surface area contributed by atoms with E-state index in [-0.39, 0.29) is 17.8 Å². The number of benzene rings is 1. The highest BCUT2D eigenvalue weighted by atomic mass is 32.1. The average molecular weight is 417 g/mol. The fraction of sp³-hybridized carbons (Fsp3) is 0.450. The number of quaternary nitrogens is 1. The SMILES string of the molecule is CCc1nc2sc([C@@H](c3cccc(OC)c3)[NH+]3CCN(C(C)=O)CC3)c(O)n2n1. The summed E-state index contributed by atoms with van der Waals surface area (Å²) >= 11 is 1.47. The summed E-state index contributed by atoms with van der Waals surface area (Å²) in [6.07, 6.45) is 0.723. The molecule has 1 atom stereocenters. The average Bonchev–Trinajstić information content (AvgIpc) is 3.28. The molecule has 2 N–H and O–H groups in total. The maximum absolute atomic E-state index is 11.7. The molecule has 0 spiro atoms. The standard InChI is InChI=1S/C20H25N5O3S/c1-4-16-21-20-25(22-16)19(27)18(29-20)17(14-6-5-7-15(12-14)28-3)24-10-8-23(9-11-24)13(2)26/h5-7,12,17,27H,4,8-11H2,1-3H3/p+1/t17-/m1/s1. The van der Waals surface area contributed by atoms with Crippen LogP contribution >= 0.6 is 11.3 Å². The summed E-state index contributed by atoms with van der Waals surface area (Å²) in [7, 11) is 1.65. The van der Waals surface area contributed by atoms with Crippen LogP contribution in [-0.2, 0) is 11.2 Å². The van der Waals surface area contributed by atoms with Gasteiger partial charge in [0.25, 0.3) is 0 Å².